The van der Waals surface area contributed by atoms with Gasteiger partial charge in [-0.05, 0) is 53.9 Å². The van der Waals surface area contributed by atoms with E-state index in [1.165, 1.54) is 0 Å². The summed E-state index contributed by atoms with van der Waals surface area (Å²) in [6.45, 7) is 12.9. The minimum absolute atomic E-state index is 0.0204. The molecule has 0 heterocycles. The average molecular weight is 373 g/mol. The van der Waals surface area contributed by atoms with Crippen molar-refractivity contribution in [3.8, 4) is 0 Å². The standard InChI is InChI=1S/C16H30F3NO3S/c1-10(2)9-11(13(21)23-14(3,4)5)12(16(17,18)19)20-24(22)15(6,7)8/h10-12,20H,9H2,1-8H3/t11-,12-,24-/m0/s1. The van der Waals surface area contributed by atoms with E-state index in [9.17, 15) is 22.2 Å². The van der Waals surface area contributed by atoms with Crippen LogP contribution in [0.25, 0.3) is 0 Å². The molecular weight excluding hydrogens is 343 g/mol. The van der Waals surface area contributed by atoms with Gasteiger partial charge >= 0.3 is 12.1 Å². The van der Waals surface area contributed by atoms with E-state index in [2.05, 4.69) is 4.72 Å². The summed E-state index contributed by atoms with van der Waals surface area (Å²) in [5.74, 6) is -2.55. The van der Waals surface area contributed by atoms with Crippen molar-refractivity contribution in [1.82, 2.24) is 4.72 Å². The number of hydrogen-bond donors (Lipinski definition) is 1. The van der Waals surface area contributed by atoms with Crippen LogP contribution in [0.5, 0.6) is 0 Å². The number of hydrogen-bond acceptors (Lipinski definition) is 3. The van der Waals surface area contributed by atoms with E-state index in [0.29, 0.717) is 0 Å². The molecule has 4 nitrogen and oxygen atoms in total. The Morgan fingerprint density at radius 2 is 1.54 bits per heavy atom. The highest BCUT2D eigenvalue weighted by atomic mass is 32.2. The van der Waals surface area contributed by atoms with Gasteiger partial charge in [-0.15, -0.1) is 0 Å². The number of halogens is 3. The topological polar surface area (TPSA) is 55.4 Å². The molecule has 8 heteroatoms. The predicted octanol–water partition coefficient (Wildman–Crippen LogP) is 3.97. The lowest BCUT2D eigenvalue weighted by molar-refractivity contribution is -0.186. The summed E-state index contributed by atoms with van der Waals surface area (Å²) in [5, 5.41) is 0. The van der Waals surface area contributed by atoms with Crippen LogP contribution in [-0.4, -0.2) is 32.7 Å². The summed E-state index contributed by atoms with van der Waals surface area (Å²) < 4.78 is 59.2. The first-order chi connectivity index (χ1) is 10.4. The molecule has 0 fully saturated rings. The normalized spacial score (nSPS) is 17.5. The number of esters is 1. The van der Waals surface area contributed by atoms with E-state index in [0.717, 1.165) is 0 Å². The molecule has 0 bridgehead atoms. The van der Waals surface area contributed by atoms with Crippen LogP contribution in [0.3, 0.4) is 0 Å². The maximum atomic E-state index is 13.6. The molecule has 0 aromatic heterocycles. The Kier molecular flexibility index (Phi) is 7.95. The number of carbonyl (C=O) groups is 1. The Morgan fingerprint density at radius 1 is 1.08 bits per heavy atom. The fourth-order valence-electron chi connectivity index (χ4n) is 1.92. The molecule has 0 rings (SSSR count). The summed E-state index contributed by atoms with van der Waals surface area (Å²) in [4.78, 5) is 12.4. The zero-order chi connectivity index (χ0) is 19.5. The first-order valence-corrected chi connectivity index (χ1v) is 9.07. The highest BCUT2D eigenvalue weighted by Gasteiger charge is 2.50. The van der Waals surface area contributed by atoms with Gasteiger partial charge in [0.1, 0.15) is 11.6 Å². The Morgan fingerprint density at radius 3 is 1.83 bits per heavy atom. The van der Waals surface area contributed by atoms with E-state index in [1.807, 2.05) is 0 Å². The first-order valence-electron chi connectivity index (χ1n) is 7.92. The van der Waals surface area contributed by atoms with Crippen molar-refractivity contribution in [3.63, 3.8) is 0 Å². The molecule has 0 aromatic carbocycles. The summed E-state index contributed by atoms with van der Waals surface area (Å²) in [7, 11) is -1.97. The third-order valence-corrected chi connectivity index (χ3v) is 4.56. The maximum absolute atomic E-state index is 13.6. The van der Waals surface area contributed by atoms with Gasteiger partial charge in [-0.25, -0.2) is 8.93 Å². The quantitative estimate of drug-likeness (QED) is 0.717. The van der Waals surface area contributed by atoms with Crippen molar-refractivity contribution in [2.45, 2.75) is 84.4 Å². The van der Waals surface area contributed by atoms with Gasteiger partial charge in [0.05, 0.1) is 21.7 Å². The van der Waals surface area contributed by atoms with E-state index in [-0.39, 0.29) is 12.3 Å². The van der Waals surface area contributed by atoms with Gasteiger partial charge in [0.2, 0.25) is 0 Å². The number of ether oxygens (including phenoxy) is 1. The summed E-state index contributed by atoms with van der Waals surface area (Å²) in [6.07, 6.45) is -4.75. The molecule has 0 spiro atoms. The third-order valence-electron chi connectivity index (χ3n) is 2.98. The summed E-state index contributed by atoms with van der Waals surface area (Å²) in [6, 6.07) is -2.23. The number of nitrogens with one attached hydrogen (secondary N) is 1. The lowest BCUT2D eigenvalue weighted by atomic mass is 9.90. The summed E-state index contributed by atoms with van der Waals surface area (Å²) >= 11 is 0. The Balaban J connectivity index is 5.67. The molecule has 0 aliphatic rings. The average Bonchev–Trinajstić information content (AvgIpc) is 2.27. The minimum atomic E-state index is -4.72. The zero-order valence-electron chi connectivity index (χ0n) is 15.7. The Labute approximate surface area is 145 Å². The van der Waals surface area contributed by atoms with Gasteiger partial charge < -0.3 is 4.74 Å². The number of carbonyl (C=O) groups excluding carboxylic acids is 1. The lowest BCUT2D eigenvalue weighted by Gasteiger charge is -2.33. The Hall–Kier alpha value is -0.630. The molecular formula is C16H30F3NO3S. The molecule has 0 aliphatic carbocycles. The highest BCUT2D eigenvalue weighted by Crippen LogP contribution is 2.32. The minimum Gasteiger partial charge on any atom is -0.460 e. The third kappa shape index (κ3) is 8.46. The van der Waals surface area contributed by atoms with E-state index >= 15 is 0 Å². The first kappa shape index (κ1) is 23.4. The molecule has 0 radical (unpaired) electrons. The smallest absolute Gasteiger partial charge is 0.405 e. The summed E-state index contributed by atoms with van der Waals surface area (Å²) in [5.41, 5.74) is -0.897. The van der Waals surface area contributed by atoms with Crippen molar-refractivity contribution in [2.24, 2.45) is 11.8 Å². The molecule has 0 saturated heterocycles. The molecule has 1 N–H and O–H groups in total. The molecule has 24 heavy (non-hydrogen) atoms. The second-order valence-electron chi connectivity index (χ2n) is 8.29. The van der Waals surface area contributed by atoms with Gasteiger partial charge in [-0.1, -0.05) is 13.8 Å². The lowest BCUT2D eigenvalue weighted by Crippen LogP contribution is -2.54. The van der Waals surface area contributed by atoms with Gasteiger partial charge in [0, 0.05) is 0 Å². The molecule has 0 aromatic rings. The van der Waals surface area contributed by atoms with Crippen LogP contribution in [0.4, 0.5) is 13.2 Å². The van der Waals surface area contributed by atoms with Crippen LogP contribution >= 0.6 is 0 Å². The van der Waals surface area contributed by atoms with Crippen LogP contribution in [0.15, 0.2) is 0 Å². The molecule has 0 saturated carbocycles. The monoisotopic (exact) mass is 373 g/mol. The van der Waals surface area contributed by atoms with Gasteiger partial charge in [-0.3, -0.25) is 4.79 Å². The van der Waals surface area contributed by atoms with Crippen molar-refractivity contribution < 1.29 is 26.9 Å². The van der Waals surface area contributed by atoms with E-state index < -0.39 is 45.4 Å². The van der Waals surface area contributed by atoms with Crippen LogP contribution < -0.4 is 4.72 Å². The predicted molar refractivity (Wildman–Crippen MR) is 89.7 cm³/mol. The molecule has 0 aliphatic heterocycles. The maximum Gasteiger partial charge on any atom is 0.405 e. The van der Waals surface area contributed by atoms with Crippen LogP contribution in [0.2, 0.25) is 0 Å². The molecule has 0 unspecified atom stereocenters. The SMILES string of the molecule is CC(C)C[C@H](C(=O)OC(C)(C)C)[C@H](N[S@@](=O)C(C)(C)C)C(F)(F)F. The van der Waals surface area contributed by atoms with E-state index in [1.54, 1.807) is 55.4 Å². The Bertz CT molecular complexity index is 451. The van der Waals surface area contributed by atoms with E-state index in [4.69, 9.17) is 4.74 Å². The zero-order valence-corrected chi connectivity index (χ0v) is 16.5. The van der Waals surface area contributed by atoms with Gasteiger partial charge in [0.15, 0.2) is 0 Å². The fourth-order valence-corrected chi connectivity index (χ4v) is 2.80. The largest absolute Gasteiger partial charge is 0.460 e. The van der Waals surface area contributed by atoms with Crippen molar-refractivity contribution in [2.75, 3.05) is 0 Å². The van der Waals surface area contributed by atoms with Gasteiger partial charge in [-0.2, -0.15) is 13.2 Å². The van der Waals surface area contributed by atoms with Gasteiger partial charge in [0.25, 0.3) is 0 Å². The second kappa shape index (κ2) is 8.17. The number of rotatable bonds is 6. The molecule has 0 amide bonds. The van der Waals surface area contributed by atoms with Crippen LogP contribution in [-0.2, 0) is 20.5 Å². The molecule has 3 atom stereocenters. The number of alkyl halides is 3. The fraction of sp³-hybridized carbons (Fsp3) is 0.938. The van der Waals surface area contributed by atoms with Crippen LogP contribution in [0.1, 0.15) is 61.8 Å². The molecule has 144 valence electrons. The van der Waals surface area contributed by atoms with Crippen molar-refractivity contribution in [3.05, 3.63) is 0 Å². The second-order valence-corrected chi connectivity index (χ2v) is 10.3. The van der Waals surface area contributed by atoms with Crippen molar-refractivity contribution in [1.29, 1.82) is 0 Å². The van der Waals surface area contributed by atoms with Crippen molar-refractivity contribution >= 4 is 17.0 Å². The highest BCUT2D eigenvalue weighted by molar-refractivity contribution is 7.84. The van der Waals surface area contributed by atoms with Crippen LogP contribution in [0, 0.1) is 11.8 Å².